The summed E-state index contributed by atoms with van der Waals surface area (Å²) in [6, 6.07) is 29.7. The Morgan fingerprint density at radius 2 is 1.51 bits per heavy atom. The molecule has 0 aliphatic rings. The van der Waals surface area contributed by atoms with Crippen molar-refractivity contribution >= 4 is 29.3 Å². The lowest BCUT2D eigenvalue weighted by Crippen LogP contribution is -2.13. The van der Waals surface area contributed by atoms with Gasteiger partial charge in [-0.05, 0) is 78.2 Å². The van der Waals surface area contributed by atoms with Crippen LogP contribution in [0.25, 0.3) is 6.08 Å². The molecule has 0 aromatic heterocycles. The van der Waals surface area contributed by atoms with Crippen LogP contribution in [-0.4, -0.2) is 13.0 Å². The fraction of sp³-hybridized carbons (Fsp3) is 0.125. The summed E-state index contributed by atoms with van der Waals surface area (Å²) in [7, 11) is 1.53. The van der Waals surface area contributed by atoms with Crippen molar-refractivity contribution in [3.8, 4) is 23.3 Å². The zero-order chi connectivity index (χ0) is 27.6. The Balaban J connectivity index is 1.37. The molecule has 39 heavy (non-hydrogen) atoms. The Labute approximate surface area is 233 Å². The minimum atomic E-state index is -0.521. The Morgan fingerprint density at radius 3 is 2.15 bits per heavy atom. The minimum absolute atomic E-state index is 0.0495. The number of rotatable bonds is 10. The van der Waals surface area contributed by atoms with Crippen LogP contribution in [0, 0.1) is 18.3 Å². The Morgan fingerprint density at radius 1 is 0.872 bits per heavy atom. The van der Waals surface area contributed by atoms with Crippen molar-refractivity contribution in [1.29, 1.82) is 5.26 Å². The topological polar surface area (TPSA) is 80.6 Å². The van der Waals surface area contributed by atoms with E-state index >= 15 is 0 Å². The van der Waals surface area contributed by atoms with Crippen LogP contribution in [0.5, 0.6) is 17.2 Å². The van der Waals surface area contributed by atoms with Crippen molar-refractivity contribution in [1.82, 2.24) is 0 Å². The average Bonchev–Trinajstić information content (AvgIpc) is 2.96. The first-order valence-electron chi connectivity index (χ1n) is 12.2. The SMILES string of the molecule is COc1cc(/C=C(\C#N)C(=O)Nc2ccc(OCc3ccc(C)cc3)cc2)ccc1OCc1ccc(Cl)cc1. The summed E-state index contributed by atoms with van der Waals surface area (Å²) >= 11 is 5.93. The highest BCUT2D eigenvalue weighted by Crippen LogP contribution is 2.30. The zero-order valence-electron chi connectivity index (χ0n) is 21.6. The number of ether oxygens (including phenoxy) is 3. The molecule has 4 rings (SSSR count). The van der Waals surface area contributed by atoms with Gasteiger partial charge in [-0.15, -0.1) is 0 Å². The Bertz CT molecular complexity index is 1490. The van der Waals surface area contributed by atoms with E-state index in [9.17, 15) is 10.1 Å². The van der Waals surface area contributed by atoms with Gasteiger partial charge in [0.25, 0.3) is 5.91 Å². The molecule has 0 unspecified atom stereocenters. The molecule has 4 aromatic carbocycles. The molecule has 4 aromatic rings. The summed E-state index contributed by atoms with van der Waals surface area (Å²) in [5, 5.41) is 13.0. The van der Waals surface area contributed by atoms with Crippen LogP contribution < -0.4 is 19.5 Å². The van der Waals surface area contributed by atoms with Gasteiger partial charge in [0.15, 0.2) is 11.5 Å². The standard InChI is InChI=1S/C32H27ClN2O4/c1-22-3-5-23(6-4-22)20-38-29-14-12-28(13-15-29)35-32(36)26(19-34)17-25-9-16-30(31(18-25)37-2)39-21-24-7-10-27(33)11-8-24/h3-18H,20-21H2,1-2H3,(H,35,36)/b26-17+. The molecule has 196 valence electrons. The smallest absolute Gasteiger partial charge is 0.266 e. The van der Waals surface area contributed by atoms with E-state index in [0.29, 0.717) is 46.7 Å². The molecule has 0 atom stereocenters. The molecular formula is C32H27ClN2O4. The van der Waals surface area contributed by atoms with E-state index < -0.39 is 5.91 Å². The van der Waals surface area contributed by atoms with E-state index in [2.05, 4.69) is 5.32 Å². The second kappa shape index (κ2) is 13.2. The maximum Gasteiger partial charge on any atom is 0.266 e. The molecule has 0 saturated heterocycles. The molecule has 6 nitrogen and oxygen atoms in total. The van der Waals surface area contributed by atoms with E-state index in [0.717, 1.165) is 11.1 Å². The molecule has 0 spiro atoms. The van der Waals surface area contributed by atoms with Crippen molar-refractivity contribution < 1.29 is 19.0 Å². The normalized spacial score (nSPS) is 10.9. The molecule has 1 N–H and O–H groups in total. The third-order valence-corrected chi connectivity index (χ3v) is 6.06. The highest BCUT2D eigenvalue weighted by molar-refractivity contribution is 6.30. The van der Waals surface area contributed by atoms with Crippen LogP contribution in [-0.2, 0) is 18.0 Å². The van der Waals surface area contributed by atoms with Gasteiger partial charge in [0, 0.05) is 10.7 Å². The van der Waals surface area contributed by atoms with Crippen LogP contribution in [0.3, 0.4) is 0 Å². The monoisotopic (exact) mass is 538 g/mol. The van der Waals surface area contributed by atoms with Gasteiger partial charge in [-0.25, -0.2) is 0 Å². The Kier molecular flexibility index (Phi) is 9.23. The maximum absolute atomic E-state index is 12.8. The predicted molar refractivity (Wildman–Crippen MR) is 153 cm³/mol. The number of aryl methyl sites for hydroxylation is 1. The molecular weight excluding hydrogens is 512 g/mol. The fourth-order valence-corrected chi connectivity index (χ4v) is 3.76. The second-order valence-corrected chi connectivity index (χ2v) is 9.18. The van der Waals surface area contributed by atoms with Crippen molar-refractivity contribution in [3.63, 3.8) is 0 Å². The van der Waals surface area contributed by atoms with Crippen molar-refractivity contribution in [3.05, 3.63) is 124 Å². The maximum atomic E-state index is 12.8. The van der Waals surface area contributed by atoms with Crippen LogP contribution >= 0.6 is 11.6 Å². The predicted octanol–water partition coefficient (Wildman–Crippen LogP) is 7.36. The number of halogens is 1. The van der Waals surface area contributed by atoms with Crippen LogP contribution in [0.1, 0.15) is 22.3 Å². The number of carbonyl (C=O) groups is 1. The van der Waals surface area contributed by atoms with Crippen molar-refractivity contribution in [2.45, 2.75) is 20.1 Å². The molecule has 0 aliphatic heterocycles. The van der Waals surface area contributed by atoms with Crippen molar-refractivity contribution in [2.24, 2.45) is 0 Å². The number of nitrogens with one attached hydrogen (secondary N) is 1. The molecule has 0 saturated carbocycles. The number of methoxy groups -OCH3 is 1. The molecule has 0 aliphatic carbocycles. The third kappa shape index (κ3) is 7.88. The fourth-order valence-electron chi connectivity index (χ4n) is 3.63. The summed E-state index contributed by atoms with van der Waals surface area (Å²) in [6.45, 7) is 2.82. The molecule has 0 heterocycles. The molecule has 1 amide bonds. The molecule has 0 fully saturated rings. The van der Waals surface area contributed by atoms with E-state index in [1.54, 1.807) is 54.6 Å². The number of hydrogen-bond donors (Lipinski definition) is 1. The molecule has 7 heteroatoms. The van der Waals surface area contributed by atoms with Gasteiger partial charge in [0.05, 0.1) is 7.11 Å². The average molecular weight is 539 g/mol. The lowest BCUT2D eigenvalue weighted by molar-refractivity contribution is -0.112. The first-order chi connectivity index (χ1) is 18.9. The number of nitrogens with zero attached hydrogens (tertiary/aromatic N) is 1. The second-order valence-electron chi connectivity index (χ2n) is 8.75. The summed E-state index contributed by atoms with van der Waals surface area (Å²) in [6.07, 6.45) is 1.50. The van der Waals surface area contributed by atoms with Crippen LogP contribution in [0.4, 0.5) is 5.69 Å². The minimum Gasteiger partial charge on any atom is -0.493 e. The number of benzene rings is 4. The van der Waals surface area contributed by atoms with Gasteiger partial charge in [0.1, 0.15) is 30.6 Å². The van der Waals surface area contributed by atoms with Crippen molar-refractivity contribution in [2.75, 3.05) is 12.4 Å². The highest BCUT2D eigenvalue weighted by Gasteiger charge is 2.12. The van der Waals surface area contributed by atoms with Crippen LogP contribution in [0.2, 0.25) is 5.02 Å². The summed E-state index contributed by atoms with van der Waals surface area (Å²) < 4.78 is 17.2. The summed E-state index contributed by atoms with van der Waals surface area (Å²) in [5.74, 6) is 1.18. The Hall–Kier alpha value is -4.73. The lowest BCUT2D eigenvalue weighted by atomic mass is 10.1. The van der Waals surface area contributed by atoms with E-state index in [4.69, 9.17) is 25.8 Å². The van der Waals surface area contributed by atoms with Gasteiger partial charge in [0.2, 0.25) is 0 Å². The largest absolute Gasteiger partial charge is 0.493 e. The van der Waals surface area contributed by atoms with E-state index in [1.807, 2.05) is 49.4 Å². The van der Waals surface area contributed by atoms with Crippen LogP contribution in [0.15, 0.2) is 96.6 Å². The number of carbonyl (C=O) groups excluding carboxylic acids is 1. The van der Waals surface area contributed by atoms with E-state index in [-0.39, 0.29) is 5.57 Å². The zero-order valence-corrected chi connectivity index (χ0v) is 22.4. The summed E-state index contributed by atoms with van der Waals surface area (Å²) in [5.41, 5.74) is 4.34. The third-order valence-electron chi connectivity index (χ3n) is 5.81. The first kappa shape index (κ1) is 27.3. The van der Waals surface area contributed by atoms with Gasteiger partial charge < -0.3 is 19.5 Å². The molecule has 0 radical (unpaired) electrons. The number of anilines is 1. The van der Waals surface area contributed by atoms with Gasteiger partial charge >= 0.3 is 0 Å². The quantitative estimate of drug-likeness (QED) is 0.168. The number of nitriles is 1. The van der Waals surface area contributed by atoms with Gasteiger partial charge in [-0.2, -0.15) is 5.26 Å². The first-order valence-corrected chi connectivity index (χ1v) is 12.6. The number of hydrogen-bond acceptors (Lipinski definition) is 5. The summed E-state index contributed by atoms with van der Waals surface area (Å²) in [4.78, 5) is 12.8. The van der Waals surface area contributed by atoms with Gasteiger partial charge in [-0.3, -0.25) is 4.79 Å². The van der Waals surface area contributed by atoms with E-state index in [1.165, 1.54) is 18.7 Å². The number of amides is 1. The van der Waals surface area contributed by atoms with Gasteiger partial charge in [-0.1, -0.05) is 59.6 Å². The highest BCUT2D eigenvalue weighted by atomic mass is 35.5. The lowest BCUT2D eigenvalue weighted by Gasteiger charge is -2.12. The molecule has 0 bridgehead atoms.